The maximum Gasteiger partial charge on any atom is 0.573 e. The zero-order valence-electron chi connectivity index (χ0n) is 16.6. The zero-order valence-corrected chi connectivity index (χ0v) is 18.2. The first-order valence-electron chi connectivity index (χ1n) is 9.04. The van der Waals surface area contributed by atoms with Gasteiger partial charge >= 0.3 is 12.5 Å². The molecule has 0 saturated carbocycles. The van der Waals surface area contributed by atoms with E-state index in [1.807, 2.05) is 0 Å². The van der Waals surface area contributed by atoms with Gasteiger partial charge in [-0.1, -0.05) is 0 Å². The largest absolute Gasteiger partial charge is 0.573 e. The molecule has 9 nitrogen and oxygen atoms in total. The molecule has 184 valence electrons. The van der Waals surface area contributed by atoms with Crippen LogP contribution in [-0.2, 0) is 16.2 Å². The van der Waals surface area contributed by atoms with Gasteiger partial charge in [0.05, 0.1) is 4.90 Å². The molecule has 3 rings (SSSR count). The maximum atomic E-state index is 13.2. The zero-order chi connectivity index (χ0) is 25.0. The van der Waals surface area contributed by atoms with E-state index < -0.39 is 40.0 Å². The molecule has 3 aromatic rings. The summed E-state index contributed by atoms with van der Waals surface area (Å²) in [6.45, 7) is -0.496. The monoisotopic (exact) mass is 528 g/mol. The molecule has 0 unspecified atom stereocenters. The lowest BCUT2D eigenvalue weighted by Gasteiger charge is -2.12. The Morgan fingerprint density at radius 3 is 2.29 bits per heavy atom. The van der Waals surface area contributed by atoms with Crippen LogP contribution in [0.15, 0.2) is 46.8 Å². The maximum absolute atomic E-state index is 13.2. The van der Waals surface area contributed by atoms with Crippen LogP contribution in [-0.4, -0.2) is 42.8 Å². The predicted molar refractivity (Wildman–Crippen MR) is 109 cm³/mol. The smallest absolute Gasteiger partial charge is 0.406 e. The number of halogens is 6. The lowest BCUT2D eigenvalue weighted by Crippen LogP contribution is -2.29. The van der Waals surface area contributed by atoms with Crippen molar-refractivity contribution in [2.24, 2.45) is 0 Å². The summed E-state index contributed by atoms with van der Waals surface area (Å²) in [6, 6.07) is 4.16. The van der Waals surface area contributed by atoms with Gasteiger partial charge in [0.1, 0.15) is 11.6 Å². The summed E-state index contributed by atoms with van der Waals surface area (Å²) in [4.78, 5) is 10.8. The Balaban J connectivity index is 1.62. The average Bonchev–Trinajstić information content (AvgIpc) is 3.23. The molecule has 0 amide bonds. The lowest BCUT2D eigenvalue weighted by molar-refractivity contribution is -0.274. The van der Waals surface area contributed by atoms with Gasteiger partial charge in [-0.15, -0.1) is 24.5 Å². The van der Waals surface area contributed by atoms with Crippen LogP contribution in [0.4, 0.5) is 43.2 Å². The fourth-order valence-corrected chi connectivity index (χ4v) is 3.96. The molecule has 0 bridgehead atoms. The Morgan fingerprint density at radius 2 is 1.71 bits per heavy atom. The second kappa shape index (κ2) is 9.98. The van der Waals surface area contributed by atoms with Crippen molar-refractivity contribution in [1.82, 2.24) is 19.7 Å². The molecule has 2 aromatic heterocycles. The third-order valence-corrected chi connectivity index (χ3v) is 5.92. The molecular weight excluding hydrogens is 514 g/mol. The molecule has 17 heteroatoms. The first-order chi connectivity index (χ1) is 15.8. The summed E-state index contributed by atoms with van der Waals surface area (Å²) in [5.41, 5.74) is -1.23. The van der Waals surface area contributed by atoms with Crippen LogP contribution in [0.2, 0.25) is 0 Å². The van der Waals surface area contributed by atoms with Crippen molar-refractivity contribution < 1.29 is 39.5 Å². The molecule has 2 heterocycles. The second-order valence-corrected chi connectivity index (χ2v) is 8.93. The molecule has 3 N–H and O–H groups in total. The van der Waals surface area contributed by atoms with Crippen LogP contribution >= 0.6 is 11.3 Å². The molecule has 0 saturated heterocycles. The van der Waals surface area contributed by atoms with Crippen molar-refractivity contribution in [1.29, 1.82) is 0 Å². The number of benzene rings is 1. The number of thiazole rings is 1. The minimum atomic E-state index is -4.93. The number of hydrogen-bond acceptors (Lipinski definition) is 9. The van der Waals surface area contributed by atoms with Gasteiger partial charge in [0, 0.05) is 30.7 Å². The number of anilines is 3. The Kier molecular flexibility index (Phi) is 7.47. The first-order valence-corrected chi connectivity index (χ1v) is 11.4. The predicted octanol–water partition coefficient (Wildman–Crippen LogP) is 3.98. The van der Waals surface area contributed by atoms with E-state index in [2.05, 4.69) is 35.0 Å². The number of nitrogens with one attached hydrogen (secondary N) is 3. The summed E-state index contributed by atoms with van der Waals surface area (Å²) in [5.74, 6) is -1.19. The number of alkyl halides is 6. The Labute approximate surface area is 192 Å². The molecule has 0 fully saturated rings. The van der Waals surface area contributed by atoms with Gasteiger partial charge in [0.25, 0.3) is 0 Å². The van der Waals surface area contributed by atoms with E-state index in [1.54, 1.807) is 5.38 Å². The summed E-state index contributed by atoms with van der Waals surface area (Å²) in [6.07, 6.45) is -8.24. The van der Waals surface area contributed by atoms with E-state index in [1.165, 1.54) is 6.20 Å². The highest BCUT2D eigenvalue weighted by Crippen LogP contribution is 2.30. The van der Waals surface area contributed by atoms with Gasteiger partial charge in [0.2, 0.25) is 16.0 Å². The van der Waals surface area contributed by atoms with Crippen molar-refractivity contribution >= 4 is 38.3 Å². The lowest BCUT2D eigenvalue weighted by atomic mass is 10.3. The number of sulfonamides is 1. The molecular formula is C17H14F6N6O3S2. The van der Waals surface area contributed by atoms with E-state index in [-0.39, 0.29) is 23.8 Å². The summed E-state index contributed by atoms with van der Waals surface area (Å²) >= 11 is 1.14. The highest BCUT2D eigenvalue weighted by atomic mass is 32.2. The van der Waals surface area contributed by atoms with Crippen molar-refractivity contribution in [3.05, 3.63) is 47.6 Å². The molecule has 0 radical (unpaired) electrons. The quantitative estimate of drug-likeness (QED) is 0.282. The average molecular weight is 528 g/mol. The highest BCUT2D eigenvalue weighted by Gasteiger charge is 2.34. The second-order valence-electron chi connectivity index (χ2n) is 6.27. The van der Waals surface area contributed by atoms with Gasteiger partial charge < -0.3 is 15.4 Å². The topological polar surface area (TPSA) is 118 Å². The minimum absolute atomic E-state index is 0.179. The van der Waals surface area contributed by atoms with E-state index >= 15 is 0 Å². The number of rotatable bonds is 9. The molecule has 0 aliphatic carbocycles. The molecule has 0 spiro atoms. The number of hydrogen-bond donors (Lipinski definition) is 3. The van der Waals surface area contributed by atoms with Crippen LogP contribution in [0.3, 0.4) is 0 Å². The molecule has 1 aromatic carbocycles. The first kappa shape index (κ1) is 25.4. The Bertz CT molecular complexity index is 1200. The van der Waals surface area contributed by atoms with Crippen molar-refractivity contribution in [3.8, 4) is 5.75 Å². The number of nitrogens with zero attached hydrogens (tertiary/aromatic N) is 3. The van der Waals surface area contributed by atoms with E-state index in [4.69, 9.17) is 0 Å². The normalized spacial score (nSPS) is 12.4. The standard InChI is InChI=1S/C17H14F6N6O3S2/c18-16(19,20)12-9-13(29-15-25-7-8-33-15)28-14(27-12)24-5-6-26-34(30,31)11-3-1-10(2-4-11)32-17(21,22)23/h1-4,7-9,26H,5-6H2,(H2,24,25,27,28,29). The third kappa shape index (κ3) is 7.42. The van der Waals surface area contributed by atoms with Gasteiger partial charge in [-0.3, -0.25) is 0 Å². The minimum Gasteiger partial charge on any atom is -0.406 e. The molecule has 0 atom stereocenters. The SMILES string of the molecule is O=S(=O)(NCCNc1nc(Nc2nccs2)cc(C(F)(F)F)n1)c1ccc(OC(F)(F)F)cc1. The molecule has 0 aliphatic rings. The summed E-state index contributed by atoms with van der Waals surface area (Å²) in [7, 11) is -4.12. The Hall–Kier alpha value is -3.18. The van der Waals surface area contributed by atoms with Crippen LogP contribution in [0.5, 0.6) is 5.75 Å². The van der Waals surface area contributed by atoms with Gasteiger partial charge in [0.15, 0.2) is 10.8 Å². The van der Waals surface area contributed by atoms with Gasteiger partial charge in [-0.2, -0.15) is 18.2 Å². The Morgan fingerprint density at radius 1 is 1.00 bits per heavy atom. The summed E-state index contributed by atoms with van der Waals surface area (Å²) < 4.78 is 106. The van der Waals surface area contributed by atoms with Crippen molar-refractivity contribution in [2.75, 3.05) is 23.7 Å². The van der Waals surface area contributed by atoms with Crippen molar-refractivity contribution in [3.63, 3.8) is 0 Å². The highest BCUT2D eigenvalue weighted by molar-refractivity contribution is 7.89. The van der Waals surface area contributed by atoms with Crippen LogP contribution in [0.1, 0.15) is 5.69 Å². The van der Waals surface area contributed by atoms with Crippen LogP contribution in [0, 0.1) is 0 Å². The van der Waals surface area contributed by atoms with E-state index in [9.17, 15) is 34.8 Å². The van der Waals surface area contributed by atoms with Gasteiger partial charge in [-0.25, -0.2) is 23.1 Å². The van der Waals surface area contributed by atoms with Crippen LogP contribution in [0.25, 0.3) is 0 Å². The number of ether oxygens (including phenoxy) is 1. The van der Waals surface area contributed by atoms with E-state index in [0.717, 1.165) is 35.6 Å². The molecule has 0 aliphatic heterocycles. The van der Waals surface area contributed by atoms with E-state index in [0.29, 0.717) is 11.2 Å². The van der Waals surface area contributed by atoms with Crippen molar-refractivity contribution in [2.45, 2.75) is 17.4 Å². The fraction of sp³-hybridized carbons (Fsp3) is 0.235. The third-order valence-electron chi connectivity index (χ3n) is 3.75. The van der Waals surface area contributed by atoms with Crippen LogP contribution < -0.4 is 20.1 Å². The fourth-order valence-electron chi connectivity index (χ4n) is 2.39. The summed E-state index contributed by atoms with van der Waals surface area (Å²) in [5, 5.41) is 7.01. The van der Waals surface area contributed by atoms with Gasteiger partial charge in [-0.05, 0) is 24.3 Å². The number of aromatic nitrogens is 3. The molecule has 34 heavy (non-hydrogen) atoms.